The minimum atomic E-state index is 0.136. The molecule has 1 aromatic carbocycles. The number of anilines is 1. The number of benzene rings is 1. The lowest BCUT2D eigenvalue weighted by Gasteiger charge is -2.22. The standard InChI is InChI=1S/C14H20N2O2/c1-2-18-9-5-8-16-13-7-4-3-6-12(13)10-15-11-14(16)17/h3-4,6-7,15H,2,5,8-11H2,1H3. The molecule has 1 aliphatic heterocycles. The van der Waals surface area contributed by atoms with Crippen LogP contribution >= 0.6 is 0 Å². The van der Waals surface area contributed by atoms with Gasteiger partial charge in [-0.1, -0.05) is 18.2 Å². The Hall–Kier alpha value is -1.39. The van der Waals surface area contributed by atoms with Gasteiger partial charge in [0.05, 0.1) is 6.54 Å². The van der Waals surface area contributed by atoms with Crippen LogP contribution in [0.3, 0.4) is 0 Å². The highest BCUT2D eigenvalue weighted by molar-refractivity contribution is 5.96. The van der Waals surface area contributed by atoms with Crippen molar-refractivity contribution in [2.75, 3.05) is 31.2 Å². The number of carbonyl (C=O) groups excluding carboxylic acids is 1. The molecule has 4 nitrogen and oxygen atoms in total. The van der Waals surface area contributed by atoms with E-state index >= 15 is 0 Å². The van der Waals surface area contributed by atoms with Gasteiger partial charge in [0.2, 0.25) is 5.91 Å². The van der Waals surface area contributed by atoms with Crippen molar-refractivity contribution in [2.24, 2.45) is 0 Å². The number of para-hydroxylation sites is 1. The fourth-order valence-electron chi connectivity index (χ4n) is 2.17. The zero-order valence-corrected chi connectivity index (χ0v) is 10.8. The van der Waals surface area contributed by atoms with E-state index in [1.807, 2.05) is 30.0 Å². The molecule has 1 aromatic rings. The van der Waals surface area contributed by atoms with Crippen molar-refractivity contribution in [1.82, 2.24) is 5.32 Å². The summed E-state index contributed by atoms with van der Waals surface area (Å²) in [6.45, 7) is 5.29. The van der Waals surface area contributed by atoms with Gasteiger partial charge in [-0.2, -0.15) is 0 Å². The largest absolute Gasteiger partial charge is 0.382 e. The first-order valence-electron chi connectivity index (χ1n) is 6.49. The molecule has 18 heavy (non-hydrogen) atoms. The van der Waals surface area contributed by atoms with Crippen LogP contribution in [0.25, 0.3) is 0 Å². The summed E-state index contributed by atoms with van der Waals surface area (Å²) >= 11 is 0. The Morgan fingerprint density at radius 1 is 1.33 bits per heavy atom. The zero-order valence-electron chi connectivity index (χ0n) is 10.8. The first-order valence-corrected chi connectivity index (χ1v) is 6.49. The third-order valence-corrected chi connectivity index (χ3v) is 3.05. The molecular formula is C14H20N2O2. The van der Waals surface area contributed by atoms with E-state index in [0.717, 1.165) is 31.8 Å². The number of hydrogen-bond donors (Lipinski definition) is 1. The summed E-state index contributed by atoms with van der Waals surface area (Å²) in [5.41, 5.74) is 2.21. The van der Waals surface area contributed by atoms with Gasteiger partial charge < -0.3 is 15.0 Å². The SMILES string of the molecule is CCOCCCN1C(=O)CNCc2ccccc21. The molecule has 1 heterocycles. The summed E-state index contributed by atoms with van der Waals surface area (Å²) in [7, 11) is 0. The van der Waals surface area contributed by atoms with Crippen molar-refractivity contribution in [3.8, 4) is 0 Å². The average molecular weight is 248 g/mol. The van der Waals surface area contributed by atoms with E-state index in [9.17, 15) is 4.79 Å². The summed E-state index contributed by atoms with van der Waals surface area (Å²) in [5.74, 6) is 0.136. The lowest BCUT2D eigenvalue weighted by Crippen LogP contribution is -2.36. The van der Waals surface area contributed by atoms with Crippen molar-refractivity contribution < 1.29 is 9.53 Å². The van der Waals surface area contributed by atoms with Crippen LogP contribution < -0.4 is 10.2 Å². The second-order valence-electron chi connectivity index (χ2n) is 4.33. The molecule has 0 aromatic heterocycles. The summed E-state index contributed by atoms with van der Waals surface area (Å²) in [6, 6.07) is 8.07. The van der Waals surface area contributed by atoms with Gasteiger partial charge in [0.25, 0.3) is 0 Å². The van der Waals surface area contributed by atoms with Gasteiger partial charge in [-0.3, -0.25) is 4.79 Å². The van der Waals surface area contributed by atoms with Crippen molar-refractivity contribution in [3.05, 3.63) is 29.8 Å². The molecule has 0 radical (unpaired) electrons. The molecule has 0 saturated carbocycles. The highest BCUT2D eigenvalue weighted by Crippen LogP contribution is 2.22. The van der Waals surface area contributed by atoms with Gasteiger partial charge in [-0.05, 0) is 25.0 Å². The number of fused-ring (bicyclic) bond motifs is 1. The maximum Gasteiger partial charge on any atom is 0.240 e. The number of carbonyl (C=O) groups is 1. The van der Waals surface area contributed by atoms with Crippen LogP contribution in [0.4, 0.5) is 5.69 Å². The topological polar surface area (TPSA) is 41.6 Å². The lowest BCUT2D eigenvalue weighted by atomic mass is 10.1. The Morgan fingerprint density at radius 2 is 2.17 bits per heavy atom. The van der Waals surface area contributed by atoms with Gasteiger partial charge in [0.15, 0.2) is 0 Å². The molecule has 0 spiro atoms. The molecule has 1 N–H and O–H groups in total. The monoisotopic (exact) mass is 248 g/mol. The van der Waals surface area contributed by atoms with E-state index in [1.165, 1.54) is 5.56 Å². The summed E-state index contributed by atoms with van der Waals surface area (Å²) in [6.07, 6.45) is 0.869. The van der Waals surface area contributed by atoms with Crippen LogP contribution in [-0.4, -0.2) is 32.2 Å². The Morgan fingerprint density at radius 3 is 3.00 bits per heavy atom. The van der Waals surface area contributed by atoms with Crippen LogP contribution in [0.5, 0.6) is 0 Å². The molecule has 0 atom stereocenters. The molecule has 98 valence electrons. The van der Waals surface area contributed by atoms with Crippen LogP contribution in [0.15, 0.2) is 24.3 Å². The van der Waals surface area contributed by atoms with Crippen LogP contribution in [0.1, 0.15) is 18.9 Å². The molecule has 1 amide bonds. The van der Waals surface area contributed by atoms with Crippen molar-refractivity contribution >= 4 is 11.6 Å². The van der Waals surface area contributed by atoms with Crippen LogP contribution in [0.2, 0.25) is 0 Å². The number of rotatable bonds is 5. The second-order valence-corrected chi connectivity index (χ2v) is 4.33. The molecule has 0 unspecified atom stereocenters. The summed E-state index contributed by atoms with van der Waals surface area (Å²) in [4.78, 5) is 13.9. The van der Waals surface area contributed by atoms with E-state index in [0.29, 0.717) is 13.2 Å². The first kappa shape index (κ1) is 13.1. The normalized spacial score (nSPS) is 15.4. The fraction of sp³-hybridized carbons (Fsp3) is 0.500. The van der Waals surface area contributed by atoms with Gasteiger partial charge in [-0.25, -0.2) is 0 Å². The molecule has 0 saturated heterocycles. The predicted octanol–water partition coefficient (Wildman–Crippen LogP) is 1.55. The average Bonchev–Trinajstić information content (AvgIpc) is 2.54. The van der Waals surface area contributed by atoms with Gasteiger partial charge in [-0.15, -0.1) is 0 Å². The smallest absolute Gasteiger partial charge is 0.240 e. The van der Waals surface area contributed by atoms with E-state index in [-0.39, 0.29) is 5.91 Å². The van der Waals surface area contributed by atoms with E-state index in [1.54, 1.807) is 0 Å². The fourth-order valence-corrected chi connectivity index (χ4v) is 2.17. The van der Waals surface area contributed by atoms with E-state index < -0.39 is 0 Å². The van der Waals surface area contributed by atoms with Crippen molar-refractivity contribution in [3.63, 3.8) is 0 Å². The molecule has 0 fully saturated rings. The molecule has 4 heteroatoms. The molecule has 0 bridgehead atoms. The summed E-state index contributed by atoms with van der Waals surface area (Å²) in [5, 5.41) is 3.16. The number of nitrogens with one attached hydrogen (secondary N) is 1. The minimum absolute atomic E-state index is 0.136. The quantitative estimate of drug-likeness (QED) is 0.804. The number of amides is 1. The zero-order chi connectivity index (χ0) is 12.8. The van der Waals surface area contributed by atoms with Crippen molar-refractivity contribution in [2.45, 2.75) is 19.9 Å². The van der Waals surface area contributed by atoms with Gasteiger partial charge >= 0.3 is 0 Å². The van der Waals surface area contributed by atoms with Crippen molar-refractivity contribution in [1.29, 1.82) is 0 Å². The Labute approximate surface area is 108 Å². The highest BCUT2D eigenvalue weighted by Gasteiger charge is 2.20. The predicted molar refractivity (Wildman–Crippen MR) is 71.6 cm³/mol. The highest BCUT2D eigenvalue weighted by atomic mass is 16.5. The Bertz CT molecular complexity index is 407. The Kier molecular flexibility index (Phi) is 4.73. The second kappa shape index (κ2) is 6.52. The number of hydrogen-bond acceptors (Lipinski definition) is 3. The first-order chi connectivity index (χ1) is 8.83. The maximum atomic E-state index is 12.1. The number of ether oxygens (including phenoxy) is 1. The maximum absolute atomic E-state index is 12.1. The molecule has 2 rings (SSSR count). The molecule has 0 aliphatic carbocycles. The number of nitrogens with zero attached hydrogens (tertiary/aromatic N) is 1. The Balaban J connectivity index is 2.08. The molecule has 1 aliphatic rings. The minimum Gasteiger partial charge on any atom is -0.382 e. The third kappa shape index (κ3) is 3.09. The van der Waals surface area contributed by atoms with Crippen LogP contribution in [0, 0.1) is 0 Å². The van der Waals surface area contributed by atoms with Gasteiger partial charge in [0.1, 0.15) is 0 Å². The van der Waals surface area contributed by atoms with E-state index in [4.69, 9.17) is 4.74 Å². The lowest BCUT2D eigenvalue weighted by molar-refractivity contribution is -0.117. The van der Waals surface area contributed by atoms with E-state index in [2.05, 4.69) is 11.4 Å². The van der Waals surface area contributed by atoms with Gasteiger partial charge in [0, 0.05) is 32.0 Å². The third-order valence-electron chi connectivity index (χ3n) is 3.05. The molecular weight excluding hydrogens is 228 g/mol. The van der Waals surface area contributed by atoms with Crippen LogP contribution in [-0.2, 0) is 16.1 Å². The summed E-state index contributed by atoms with van der Waals surface area (Å²) < 4.78 is 5.33.